The average molecular weight is 443 g/mol. The molecule has 1 aliphatic heterocycles. The van der Waals surface area contributed by atoms with Gasteiger partial charge in [-0.15, -0.1) is 10.2 Å². The Hall–Kier alpha value is -3.05. The van der Waals surface area contributed by atoms with E-state index in [1.54, 1.807) is 24.0 Å². The quantitative estimate of drug-likeness (QED) is 0.617. The van der Waals surface area contributed by atoms with E-state index in [1.807, 2.05) is 43.0 Å². The first kappa shape index (κ1) is 21.2. The lowest BCUT2D eigenvalue weighted by molar-refractivity contribution is 0.383. The van der Waals surface area contributed by atoms with E-state index in [2.05, 4.69) is 25.6 Å². The molecule has 1 saturated heterocycles. The number of hydrogen-bond donors (Lipinski definition) is 1. The lowest BCUT2D eigenvalue weighted by Gasteiger charge is -2.34. The number of nitrogens with zero attached hydrogens (tertiary/aromatic N) is 7. The van der Waals surface area contributed by atoms with Gasteiger partial charge in [0.25, 0.3) is 0 Å². The van der Waals surface area contributed by atoms with Crippen LogP contribution in [0.2, 0.25) is 0 Å². The van der Waals surface area contributed by atoms with Crippen LogP contribution in [0.4, 0.5) is 17.3 Å². The van der Waals surface area contributed by atoms with Crippen molar-refractivity contribution >= 4 is 27.3 Å². The van der Waals surface area contributed by atoms with Gasteiger partial charge in [-0.25, -0.2) is 8.42 Å². The molecule has 4 heterocycles. The third-order valence-electron chi connectivity index (χ3n) is 5.38. The normalized spacial score (nSPS) is 15.3. The molecule has 0 amide bonds. The molecule has 1 fully saturated rings. The second-order valence-electron chi connectivity index (χ2n) is 7.34. The second-order valence-corrected chi connectivity index (χ2v) is 9.22. The number of sulfonamides is 1. The third-order valence-corrected chi connectivity index (χ3v) is 7.53. The Kier molecular flexibility index (Phi) is 5.88. The summed E-state index contributed by atoms with van der Waals surface area (Å²) in [6, 6.07) is 7.45. The summed E-state index contributed by atoms with van der Waals surface area (Å²) in [6.45, 7) is 8.02. The molecule has 1 aliphatic rings. The van der Waals surface area contributed by atoms with Crippen LogP contribution in [0.15, 0.2) is 41.6 Å². The maximum Gasteiger partial charge on any atom is 0.246 e. The SMILES string of the molecule is CCn1nc(C)c(S(=O)(=O)N2CCN(c3ccc(Nc4ccncc4)nn3)CC2)c1C. The van der Waals surface area contributed by atoms with Crippen LogP contribution in [0.25, 0.3) is 0 Å². The number of hydrogen-bond acceptors (Lipinski definition) is 8. The van der Waals surface area contributed by atoms with E-state index in [0.717, 1.165) is 11.5 Å². The molecular formula is C20H26N8O2S. The fourth-order valence-corrected chi connectivity index (χ4v) is 5.59. The highest BCUT2D eigenvalue weighted by Gasteiger charge is 2.33. The number of nitrogens with one attached hydrogen (secondary N) is 1. The highest BCUT2D eigenvalue weighted by molar-refractivity contribution is 7.89. The van der Waals surface area contributed by atoms with E-state index in [4.69, 9.17) is 0 Å². The number of aromatic nitrogens is 5. The number of rotatable bonds is 6. The molecule has 3 aromatic heterocycles. The van der Waals surface area contributed by atoms with E-state index in [9.17, 15) is 8.42 Å². The molecule has 164 valence electrons. The zero-order valence-corrected chi connectivity index (χ0v) is 18.7. The van der Waals surface area contributed by atoms with Crippen molar-refractivity contribution in [1.29, 1.82) is 0 Å². The summed E-state index contributed by atoms with van der Waals surface area (Å²) in [5.74, 6) is 1.36. The molecule has 31 heavy (non-hydrogen) atoms. The summed E-state index contributed by atoms with van der Waals surface area (Å²) in [4.78, 5) is 6.36. The summed E-state index contributed by atoms with van der Waals surface area (Å²) in [5.41, 5.74) is 2.11. The fourth-order valence-electron chi connectivity index (χ4n) is 3.79. The summed E-state index contributed by atoms with van der Waals surface area (Å²) in [5, 5.41) is 16.1. The highest BCUT2D eigenvalue weighted by atomic mass is 32.2. The van der Waals surface area contributed by atoms with Crippen LogP contribution in [-0.2, 0) is 16.6 Å². The van der Waals surface area contributed by atoms with Crippen molar-refractivity contribution < 1.29 is 8.42 Å². The highest BCUT2D eigenvalue weighted by Crippen LogP contribution is 2.25. The molecule has 0 aromatic carbocycles. The van der Waals surface area contributed by atoms with Gasteiger partial charge in [-0.1, -0.05) is 0 Å². The fraction of sp³-hybridized carbons (Fsp3) is 0.400. The van der Waals surface area contributed by atoms with Gasteiger partial charge in [0.2, 0.25) is 10.0 Å². The van der Waals surface area contributed by atoms with Crippen molar-refractivity contribution in [2.75, 3.05) is 36.4 Å². The van der Waals surface area contributed by atoms with Crippen molar-refractivity contribution in [3.8, 4) is 0 Å². The van der Waals surface area contributed by atoms with Crippen molar-refractivity contribution in [3.63, 3.8) is 0 Å². The van der Waals surface area contributed by atoms with Crippen LogP contribution in [0.3, 0.4) is 0 Å². The molecule has 4 rings (SSSR count). The molecule has 0 unspecified atom stereocenters. The van der Waals surface area contributed by atoms with E-state index in [-0.39, 0.29) is 0 Å². The summed E-state index contributed by atoms with van der Waals surface area (Å²) in [7, 11) is -3.59. The Morgan fingerprint density at radius 2 is 1.71 bits per heavy atom. The first-order valence-corrected chi connectivity index (χ1v) is 11.6. The summed E-state index contributed by atoms with van der Waals surface area (Å²) < 4.78 is 29.7. The molecule has 11 heteroatoms. The monoisotopic (exact) mass is 442 g/mol. The molecule has 3 aromatic rings. The van der Waals surface area contributed by atoms with Crippen molar-refractivity contribution in [3.05, 3.63) is 48.0 Å². The molecule has 0 bridgehead atoms. The molecular weight excluding hydrogens is 416 g/mol. The van der Waals surface area contributed by atoms with Crippen molar-refractivity contribution in [1.82, 2.24) is 29.3 Å². The van der Waals surface area contributed by atoms with Gasteiger partial charge in [0.1, 0.15) is 4.90 Å². The summed E-state index contributed by atoms with van der Waals surface area (Å²) >= 11 is 0. The van der Waals surface area contributed by atoms with Crippen LogP contribution in [0, 0.1) is 13.8 Å². The van der Waals surface area contributed by atoms with Crippen LogP contribution in [0.5, 0.6) is 0 Å². The average Bonchev–Trinajstić information content (AvgIpc) is 3.09. The van der Waals surface area contributed by atoms with E-state index in [0.29, 0.717) is 54.8 Å². The lowest BCUT2D eigenvalue weighted by Crippen LogP contribution is -2.49. The molecule has 1 N–H and O–H groups in total. The van der Waals surface area contributed by atoms with Gasteiger partial charge in [0.05, 0.1) is 11.4 Å². The van der Waals surface area contributed by atoms with Crippen LogP contribution < -0.4 is 10.2 Å². The van der Waals surface area contributed by atoms with Crippen molar-refractivity contribution in [2.24, 2.45) is 0 Å². The molecule has 10 nitrogen and oxygen atoms in total. The first-order chi connectivity index (χ1) is 14.9. The first-order valence-electron chi connectivity index (χ1n) is 10.2. The molecule has 0 spiro atoms. The van der Waals surface area contributed by atoms with Crippen LogP contribution in [0.1, 0.15) is 18.3 Å². The third kappa shape index (κ3) is 4.23. The van der Waals surface area contributed by atoms with Crippen LogP contribution in [-0.4, -0.2) is 63.9 Å². The Labute approximate surface area is 182 Å². The van der Waals surface area contributed by atoms with Crippen molar-refractivity contribution in [2.45, 2.75) is 32.2 Å². The predicted molar refractivity (Wildman–Crippen MR) is 118 cm³/mol. The molecule has 0 atom stereocenters. The van der Waals surface area contributed by atoms with Gasteiger partial charge >= 0.3 is 0 Å². The maximum atomic E-state index is 13.2. The number of aryl methyl sites for hydroxylation is 2. The zero-order valence-electron chi connectivity index (χ0n) is 17.9. The van der Waals surface area contributed by atoms with Gasteiger partial charge in [-0.05, 0) is 45.0 Å². The minimum absolute atomic E-state index is 0.328. The number of pyridine rings is 1. The van der Waals surface area contributed by atoms with E-state index in [1.165, 1.54) is 4.31 Å². The van der Waals surface area contributed by atoms with Gasteiger partial charge in [0, 0.05) is 50.8 Å². The van der Waals surface area contributed by atoms with Crippen LogP contribution >= 0.6 is 0 Å². The minimum Gasteiger partial charge on any atom is -0.352 e. The Balaban J connectivity index is 1.42. The molecule has 0 aliphatic carbocycles. The predicted octanol–water partition coefficient (Wildman–Crippen LogP) is 1.96. The van der Waals surface area contributed by atoms with Gasteiger partial charge in [0.15, 0.2) is 11.6 Å². The van der Waals surface area contributed by atoms with E-state index < -0.39 is 10.0 Å². The Bertz CT molecular complexity index is 1140. The molecule has 0 saturated carbocycles. The lowest BCUT2D eigenvalue weighted by atomic mass is 10.3. The Morgan fingerprint density at radius 3 is 2.29 bits per heavy atom. The topological polar surface area (TPSA) is 109 Å². The summed E-state index contributed by atoms with van der Waals surface area (Å²) in [6.07, 6.45) is 3.40. The van der Waals surface area contributed by atoms with Gasteiger partial charge in [-0.2, -0.15) is 9.40 Å². The smallest absolute Gasteiger partial charge is 0.246 e. The number of anilines is 3. The zero-order chi connectivity index (χ0) is 22.0. The van der Waals surface area contributed by atoms with Gasteiger partial charge < -0.3 is 10.2 Å². The largest absolute Gasteiger partial charge is 0.352 e. The Morgan fingerprint density at radius 1 is 1.00 bits per heavy atom. The number of piperazine rings is 1. The van der Waals surface area contributed by atoms with Gasteiger partial charge in [-0.3, -0.25) is 9.67 Å². The maximum absolute atomic E-state index is 13.2. The molecule has 0 radical (unpaired) electrons. The minimum atomic E-state index is -3.59. The second kappa shape index (κ2) is 8.60. The van der Waals surface area contributed by atoms with E-state index >= 15 is 0 Å². The standard InChI is InChI=1S/C20H26N8O2S/c1-4-28-16(3)20(15(2)25-28)31(29,30)27-13-11-26(12-14-27)19-6-5-18(23-24-19)22-17-7-9-21-10-8-17/h5-10H,4,11-14H2,1-3H3,(H,21,22,23).